The lowest BCUT2D eigenvalue weighted by Crippen LogP contribution is -2.43. The number of nitrogens with zero attached hydrogens (tertiary/aromatic N) is 1. The van der Waals surface area contributed by atoms with E-state index in [4.69, 9.17) is 4.43 Å². The summed E-state index contributed by atoms with van der Waals surface area (Å²) in [6, 6.07) is 13.5. The van der Waals surface area contributed by atoms with Crippen molar-refractivity contribution in [3.63, 3.8) is 0 Å². The number of phenolic OH excluding ortho intramolecular Hbond substituents is 1. The van der Waals surface area contributed by atoms with Crippen molar-refractivity contribution in [1.82, 2.24) is 4.90 Å². The zero-order chi connectivity index (χ0) is 27.6. The number of carbonyl (C=O) groups is 1. The molecule has 0 aromatic heterocycles. The number of benzene rings is 2. The number of phenols is 1. The third kappa shape index (κ3) is 7.68. The van der Waals surface area contributed by atoms with Crippen LogP contribution in [0.15, 0.2) is 53.4 Å². The average molecular weight is 546 g/mol. The molecule has 0 radical (unpaired) electrons. The van der Waals surface area contributed by atoms with E-state index in [0.717, 1.165) is 36.8 Å². The van der Waals surface area contributed by atoms with Crippen molar-refractivity contribution in [2.24, 2.45) is 5.92 Å². The zero-order valence-electron chi connectivity index (χ0n) is 23.3. The standard InChI is InChI=1S/C29H43NO5SSi/c1-29(2,3)37(6,7)35-25-14-11-22(17-25)18-27(23-9-8-10-24(31)20-23)30(4)28(32)19-21-12-15-26(16-13-21)36(5,33)34/h8-10,12-13,15-16,20,22,25,27,31H,11,14,17-19H2,1-7H3/t22?,25-,27-/m0/s1. The molecule has 1 unspecified atom stereocenters. The van der Waals surface area contributed by atoms with Crippen LogP contribution in [0.1, 0.15) is 63.6 Å². The summed E-state index contributed by atoms with van der Waals surface area (Å²) in [5.74, 6) is 0.559. The molecule has 1 N–H and O–H groups in total. The van der Waals surface area contributed by atoms with Gasteiger partial charge in [0.15, 0.2) is 18.2 Å². The van der Waals surface area contributed by atoms with Crippen LogP contribution in [0.2, 0.25) is 18.1 Å². The highest BCUT2D eigenvalue weighted by molar-refractivity contribution is 7.90. The summed E-state index contributed by atoms with van der Waals surface area (Å²) in [5.41, 5.74) is 1.68. The summed E-state index contributed by atoms with van der Waals surface area (Å²) in [5, 5.41) is 10.3. The molecule has 0 spiro atoms. The van der Waals surface area contributed by atoms with E-state index < -0.39 is 18.2 Å². The van der Waals surface area contributed by atoms with Gasteiger partial charge in [0.1, 0.15) is 5.75 Å². The lowest BCUT2D eigenvalue weighted by Gasteiger charge is -2.38. The van der Waals surface area contributed by atoms with Gasteiger partial charge in [-0.3, -0.25) is 4.79 Å². The molecular formula is C29H43NO5SSi. The van der Waals surface area contributed by atoms with Gasteiger partial charge in [-0.2, -0.15) is 0 Å². The number of likely N-dealkylation sites (N-methyl/N-ethyl adjacent to an activating group) is 1. The lowest BCUT2D eigenvalue weighted by atomic mass is 9.92. The number of hydrogen-bond donors (Lipinski definition) is 1. The highest BCUT2D eigenvalue weighted by Gasteiger charge is 2.41. The van der Waals surface area contributed by atoms with E-state index in [2.05, 4.69) is 33.9 Å². The van der Waals surface area contributed by atoms with Gasteiger partial charge in [0.05, 0.1) is 17.4 Å². The Hall–Kier alpha value is -2.16. The van der Waals surface area contributed by atoms with E-state index in [1.807, 2.05) is 19.2 Å². The quantitative estimate of drug-likeness (QED) is 0.384. The minimum absolute atomic E-state index is 0.0486. The maximum atomic E-state index is 13.4. The summed E-state index contributed by atoms with van der Waals surface area (Å²) < 4.78 is 30.2. The Morgan fingerprint density at radius 2 is 1.78 bits per heavy atom. The van der Waals surface area contributed by atoms with E-state index in [1.165, 1.54) is 6.26 Å². The van der Waals surface area contributed by atoms with E-state index in [-0.39, 0.29) is 40.2 Å². The molecule has 2 aromatic carbocycles. The summed E-state index contributed by atoms with van der Waals surface area (Å²) in [6.45, 7) is 11.4. The van der Waals surface area contributed by atoms with Gasteiger partial charge in [-0.05, 0) is 85.1 Å². The third-order valence-corrected chi connectivity index (χ3v) is 13.8. The molecule has 37 heavy (non-hydrogen) atoms. The number of aromatic hydroxyl groups is 1. The largest absolute Gasteiger partial charge is 0.508 e. The Morgan fingerprint density at radius 3 is 2.35 bits per heavy atom. The number of hydrogen-bond acceptors (Lipinski definition) is 5. The van der Waals surface area contributed by atoms with Crippen molar-refractivity contribution in [1.29, 1.82) is 0 Å². The first-order chi connectivity index (χ1) is 17.1. The van der Waals surface area contributed by atoms with Gasteiger partial charge < -0.3 is 14.4 Å². The van der Waals surface area contributed by atoms with Gasteiger partial charge in [0.25, 0.3) is 0 Å². The molecule has 3 rings (SSSR count). The fourth-order valence-corrected chi connectivity index (χ4v) is 6.87. The van der Waals surface area contributed by atoms with E-state index in [1.54, 1.807) is 41.3 Å². The summed E-state index contributed by atoms with van der Waals surface area (Å²) in [6.07, 6.45) is 5.48. The molecule has 1 fully saturated rings. The molecule has 3 atom stereocenters. The molecule has 0 heterocycles. The molecule has 1 aliphatic carbocycles. The average Bonchev–Trinajstić information content (AvgIpc) is 3.22. The van der Waals surface area contributed by atoms with Gasteiger partial charge in [-0.25, -0.2) is 8.42 Å². The first-order valence-corrected chi connectivity index (χ1v) is 17.9. The number of rotatable bonds is 9. The molecule has 6 nitrogen and oxygen atoms in total. The minimum atomic E-state index is -3.28. The predicted octanol–water partition coefficient (Wildman–Crippen LogP) is 6.12. The molecule has 204 valence electrons. The Kier molecular flexibility index (Phi) is 8.97. The van der Waals surface area contributed by atoms with E-state index >= 15 is 0 Å². The lowest BCUT2D eigenvalue weighted by molar-refractivity contribution is -0.131. The van der Waals surface area contributed by atoms with Crippen LogP contribution >= 0.6 is 0 Å². The van der Waals surface area contributed by atoms with Crippen LogP contribution in [0, 0.1) is 5.92 Å². The van der Waals surface area contributed by atoms with E-state index in [0.29, 0.717) is 5.92 Å². The van der Waals surface area contributed by atoms with Crippen molar-refractivity contribution < 1.29 is 22.7 Å². The maximum Gasteiger partial charge on any atom is 0.227 e. The Labute approximate surface area is 224 Å². The van der Waals surface area contributed by atoms with Crippen molar-refractivity contribution in [3.05, 3.63) is 59.7 Å². The second-order valence-electron chi connectivity index (χ2n) is 12.1. The second kappa shape index (κ2) is 11.3. The zero-order valence-corrected chi connectivity index (χ0v) is 25.1. The van der Waals surface area contributed by atoms with Crippen LogP contribution in [0.3, 0.4) is 0 Å². The minimum Gasteiger partial charge on any atom is -0.508 e. The van der Waals surface area contributed by atoms with Crippen molar-refractivity contribution in [2.75, 3.05) is 13.3 Å². The van der Waals surface area contributed by atoms with Crippen LogP contribution < -0.4 is 0 Å². The van der Waals surface area contributed by atoms with Gasteiger partial charge >= 0.3 is 0 Å². The Bertz CT molecular complexity index is 1190. The molecule has 0 saturated heterocycles. The molecular weight excluding hydrogens is 502 g/mol. The molecule has 8 heteroatoms. The number of carbonyl (C=O) groups excluding carboxylic acids is 1. The first-order valence-electron chi connectivity index (χ1n) is 13.1. The SMILES string of the molecule is CN(C(=O)Cc1ccc(S(C)(=O)=O)cc1)[C@@H](CC1CC[C@H](O[Si](C)(C)C(C)(C)C)C1)c1cccc(O)c1. The Morgan fingerprint density at radius 1 is 1.14 bits per heavy atom. The predicted molar refractivity (Wildman–Crippen MR) is 151 cm³/mol. The molecule has 0 bridgehead atoms. The summed E-state index contributed by atoms with van der Waals surface area (Å²) >= 11 is 0. The maximum absolute atomic E-state index is 13.4. The van der Waals surface area contributed by atoms with Crippen LogP contribution in [-0.2, 0) is 25.5 Å². The molecule has 0 aliphatic heterocycles. The number of sulfone groups is 1. The second-order valence-corrected chi connectivity index (χ2v) is 18.9. The summed E-state index contributed by atoms with van der Waals surface area (Å²) in [4.78, 5) is 15.4. The van der Waals surface area contributed by atoms with Crippen LogP contribution in [0.25, 0.3) is 0 Å². The van der Waals surface area contributed by atoms with Crippen LogP contribution in [-0.4, -0.2) is 52.1 Å². The van der Waals surface area contributed by atoms with Crippen LogP contribution in [0.4, 0.5) is 0 Å². The van der Waals surface area contributed by atoms with Gasteiger partial charge in [0, 0.05) is 19.4 Å². The highest BCUT2D eigenvalue weighted by Crippen LogP contribution is 2.42. The fraction of sp³-hybridized carbons (Fsp3) is 0.552. The highest BCUT2D eigenvalue weighted by atomic mass is 32.2. The van der Waals surface area contributed by atoms with Crippen molar-refractivity contribution in [2.45, 2.75) is 88.0 Å². The monoisotopic (exact) mass is 545 g/mol. The summed E-state index contributed by atoms with van der Waals surface area (Å²) in [7, 11) is -3.31. The molecule has 1 aliphatic rings. The van der Waals surface area contributed by atoms with Gasteiger partial charge in [-0.15, -0.1) is 0 Å². The van der Waals surface area contributed by atoms with E-state index in [9.17, 15) is 18.3 Å². The Balaban J connectivity index is 1.74. The normalized spacial score (nSPS) is 19.5. The van der Waals surface area contributed by atoms with Crippen LogP contribution in [0.5, 0.6) is 5.75 Å². The van der Waals surface area contributed by atoms with Crippen molar-refractivity contribution >= 4 is 24.1 Å². The third-order valence-electron chi connectivity index (χ3n) is 8.14. The topological polar surface area (TPSA) is 83.9 Å². The van der Waals surface area contributed by atoms with Gasteiger partial charge in [-0.1, -0.05) is 45.0 Å². The molecule has 1 amide bonds. The van der Waals surface area contributed by atoms with Crippen molar-refractivity contribution in [3.8, 4) is 5.75 Å². The van der Waals surface area contributed by atoms with Gasteiger partial charge in [0.2, 0.25) is 5.91 Å². The smallest absolute Gasteiger partial charge is 0.227 e. The molecule has 2 aromatic rings. The molecule has 1 saturated carbocycles. The first kappa shape index (κ1) is 29.4. The number of amides is 1. The fourth-order valence-electron chi connectivity index (χ4n) is 4.84.